The lowest BCUT2D eigenvalue weighted by molar-refractivity contribution is 0.560. The molecule has 0 atom stereocenters. The summed E-state index contributed by atoms with van der Waals surface area (Å²) in [7, 11) is 0. The Bertz CT molecular complexity index is 1090. The average Bonchev–Trinajstić information content (AvgIpc) is 2.67. The lowest BCUT2D eigenvalue weighted by Gasteiger charge is -2.21. The Morgan fingerprint density at radius 2 is 1.46 bits per heavy atom. The van der Waals surface area contributed by atoms with Gasteiger partial charge in [0.25, 0.3) is 0 Å². The van der Waals surface area contributed by atoms with Crippen molar-refractivity contribution in [3.05, 3.63) is 75.8 Å². The first kappa shape index (κ1) is 20.3. The van der Waals surface area contributed by atoms with Crippen LogP contribution in [0, 0.1) is 9.54 Å². The molecular weight excluding hydrogens is 384 g/mol. The molecule has 0 unspecified atom stereocenters. The Kier molecular flexibility index (Phi) is 6.31. The average molecular weight is 409 g/mol. The van der Waals surface area contributed by atoms with E-state index < -0.39 is 0 Å². The van der Waals surface area contributed by atoms with E-state index in [1.165, 1.54) is 0 Å². The summed E-state index contributed by atoms with van der Waals surface area (Å²) >= 11 is 11.6. The molecule has 0 fully saturated rings. The van der Waals surface area contributed by atoms with E-state index >= 15 is 0 Å². The second-order valence-corrected chi connectivity index (χ2v) is 7.81. The molecule has 0 saturated heterocycles. The SMILES string of the molecule is CC(C)N=C(c1ccccc1)n1c(=S)nc(-c2ccccc2)n(C(C)C)c1=S. The van der Waals surface area contributed by atoms with Crippen LogP contribution in [0.25, 0.3) is 11.4 Å². The molecule has 4 nitrogen and oxygen atoms in total. The predicted molar refractivity (Wildman–Crippen MR) is 121 cm³/mol. The van der Waals surface area contributed by atoms with Crippen molar-refractivity contribution in [1.29, 1.82) is 0 Å². The van der Waals surface area contributed by atoms with E-state index in [0.717, 1.165) is 22.8 Å². The van der Waals surface area contributed by atoms with Crippen LogP contribution in [0.2, 0.25) is 0 Å². The first-order valence-electron chi connectivity index (χ1n) is 9.34. The van der Waals surface area contributed by atoms with E-state index in [1.807, 2.05) is 83.6 Å². The van der Waals surface area contributed by atoms with Crippen molar-refractivity contribution >= 4 is 30.3 Å². The van der Waals surface area contributed by atoms with Gasteiger partial charge in [0.15, 0.2) is 4.77 Å². The molecular formula is C22H24N4S2. The minimum atomic E-state index is 0.0906. The van der Waals surface area contributed by atoms with E-state index in [2.05, 4.69) is 13.8 Å². The maximum absolute atomic E-state index is 5.91. The molecule has 0 aliphatic heterocycles. The molecule has 0 radical (unpaired) electrons. The van der Waals surface area contributed by atoms with Gasteiger partial charge in [0, 0.05) is 23.2 Å². The summed E-state index contributed by atoms with van der Waals surface area (Å²) in [5, 5.41) is 0. The molecule has 1 aromatic heterocycles. The third-order valence-corrected chi connectivity index (χ3v) is 4.84. The fourth-order valence-corrected chi connectivity index (χ4v) is 3.79. The highest BCUT2D eigenvalue weighted by atomic mass is 32.1. The van der Waals surface area contributed by atoms with Gasteiger partial charge in [-0.2, -0.15) is 0 Å². The van der Waals surface area contributed by atoms with Crippen molar-refractivity contribution in [2.45, 2.75) is 39.8 Å². The largest absolute Gasteiger partial charge is 0.300 e. The van der Waals surface area contributed by atoms with Gasteiger partial charge in [-0.05, 0) is 52.1 Å². The first-order valence-corrected chi connectivity index (χ1v) is 10.2. The van der Waals surface area contributed by atoms with Crippen molar-refractivity contribution in [2.75, 3.05) is 0 Å². The Balaban J connectivity index is 2.35. The zero-order valence-electron chi connectivity index (χ0n) is 16.5. The van der Waals surface area contributed by atoms with E-state index in [1.54, 1.807) is 0 Å². The molecule has 0 aliphatic rings. The van der Waals surface area contributed by atoms with Gasteiger partial charge in [-0.15, -0.1) is 0 Å². The number of hydrogen-bond donors (Lipinski definition) is 0. The molecule has 2 aromatic carbocycles. The highest BCUT2D eigenvalue weighted by Gasteiger charge is 2.17. The molecule has 28 heavy (non-hydrogen) atoms. The lowest BCUT2D eigenvalue weighted by Crippen LogP contribution is -2.24. The van der Waals surface area contributed by atoms with Crippen molar-refractivity contribution in [3.63, 3.8) is 0 Å². The molecule has 0 aliphatic carbocycles. The third-order valence-electron chi connectivity index (χ3n) is 4.19. The summed E-state index contributed by atoms with van der Waals surface area (Å²) in [5.41, 5.74) is 1.95. The summed E-state index contributed by atoms with van der Waals surface area (Å²) < 4.78 is 4.85. The predicted octanol–water partition coefficient (Wildman–Crippen LogP) is 6.09. The van der Waals surface area contributed by atoms with Gasteiger partial charge in [0.1, 0.15) is 11.7 Å². The summed E-state index contributed by atoms with van der Waals surface area (Å²) in [6, 6.07) is 20.2. The zero-order valence-corrected chi connectivity index (χ0v) is 18.2. The van der Waals surface area contributed by atoms with Gasteiger partial charge in [-0.1, -0.05) is 60.7 Å². The van der Waals surface area contributed by atoms with E-state index in [0.29, 0.717) is 9.54 Å². The summed E-state index contributed by atoms with van der Waals surface area (Å²) in [6.45, 7) is 8.27. The number of nitrogens with zero attached hydrogens (tertiary/aromatic N) is 4. The van der Waals surface area contributed by atoms with Crippen molar-refractivity contribution in [1.82, 2.24) is 14.1 Å². The Labute approximate surface area is 176 Å². The van der Waals surface area contributed by atoms with Crippen LogP contribution in [0.5, 0.6) is 0 Å². The van der Waals surface area contributed by atoms with Gasteiger partial charge >= 0.3 is 0 Å². The number of aliphatic imine (C=N–C) groups is 1. The van der Waals surface area contributed by atoms with Crippen LogP contribution in [0.1, 0.15) is 39.3 Å². The zero-order chi connectivity index (χ0) is 20.3. The lowest BCUT2D eigenvalue weighted by atomic mass is 10.2. The van der Waals surface area contributed by atoms with Crippen LogP contribution in [-0.2, 0) is 0 Å². The van der Waals surface area contributed by atoms with E-state index in [4.69, 9.17) is 34.4 Å². The van der Waals surface area contributed by atoms with E-state index in [-0.39, 0.29) is 12.1 Å². The molecule has 3 rings (SSSR count). The van der Waals surface area contributed by atoms with Crippen molar-refractivity contribution in [3.8, 4) is 11.4 Å². The Morgan fingerprint density at radius 3 is 2.00 bits per heavy atom. The normalized spacial score (nSPS) is 12.0. The van der Waals surface area contributed by atoms with Gasteiger partial charge < -0.3 is 0 Å². The third kappa shape index (κ3) is 4.18. The van der Waals surface area contributed by atoms with Crippen LogP contribution in [0.4, 0.5) is 0 Å². The molecule has 3 aromatic rings. The van der Waals surface area contributed by atoms with Gasteiger partial charge in [-0.25, -0.2) is 9.55 Å². The minimum Gasteiger partial charge on any atom is -0.300 e. The maximum atomic E-state index is 5.91. The molecule has 0 N–H and O–H groups in total. The highest BCUT2D eigenvalue weighted by Crippen LogP contribution is 2.22. The Morgan fingerprint density at radius 1 is 0.893 bits per heavy atom. The molecule has 6 heteroatoms. The number of aromatic nitrogens is 3. The monoisotopic (exact) mass is 408 g/mol. The Hall–Kier alpha value is -2.44. The summed E-state index contributed by atoms with van der Waals surface area (Å²) in [4.78, 5) is 9.61. The number of rotatable bonds is 4. The molecule has 0 spiro atoms. The van der Waals surface area contributed by atoms with Crippen LogP contribution in [0.3, 0.4) is 0 Å². The number of benzene rings is 2. The molecule has 1 heterocycles. The van der Waals surface area contributed by atoms with Gasteiger partial charge in [0.05, 0.1) is 0 Å². The topological polar surface area (TPSA) is 35.1 Å². The highest BCUT2D eigenvalue weighted by molar-refractivity contribution is 7.72. The minimum absolute atomic E-state index is 0.0906. The molecule has 144 valence electrons. The van der Waals surface area contributed by atoms with Gasteiger partial charge in [-0.3, -0.25) is 9.56 Å². The second kappa shape index (κ2) is 8.71. The fraction of sp³-hybridized carbons (Fsp3) is 0.273. The standard InChI is InChI=1S/C22H24N4S2/c1-15(2)23-19(17-11-7-5-8-12-17)26-21(27)24-20(18-13-9-6-10-14-18)25(16(3)4)22(26)28/h5-16H,1-4H3. The number of hydrogen-bond acceptors (Lipinski definition) is 4. The maximum Gasteiger partial charge on any atom is 0.209 e. The van der Waals surface area contributed by atoms with Crippen molar-refractivity contribution < 1.29 is 0 Å². The molecule has 0 amide bonds. The molecule has 0 saturated carbocycles. The quantitative estimate of drug-likeness (QED) is 0.297. The summed E-state index contributed by atoms with van der Waals surface area (Å²) in [6.07, 6.45) is 0. The van der Waals surface area contributed by atoms with Crippen LogP contribution < -0.4 is 0 Å². The van der Waals surface area contributed by atoms with Crippen LogP contribution in [0.15, 0.2) is 65.7 Å². The van der Waals surface area contributed by atoms with Crippen LogP contribution in [-0.4, -0.2) is 26.0 Å². The van der Waals surface area contributed by atoms with Crippen LogP contribution >= 0.6 is 24.4 Å². The summed E-state index contributed by atoms with van der Waals surface area (Å²) in [5.74, 6) is 1.51. The smallest absolute Gasteiger partial charge is 0.209 e. The molecule has 0 bridgehead atoms. The van der Waals surface area contributed by atoms with Crippen molar-refractivity contribution in [2.24, 2.45) is 4.99 Å². The fourth-order valence-electron chi connectivity index (χ4n) is 3.01. The second-order valence-electron chi connectivity index (χ2n) is 7.08. The van der Waals surface area contributed by atoms with Gasteiger partial charge in [0.2, 0.25) is 4.77 Å². The van der Waals surface area contributed by atoms with E-state index in [9.17, 15) is 0 Å². The first-order chi connectivity index (χ1) is 13.4.